The average molecular weight is 235 g/mol. The van der Waals surface area contributed by atoms with Gasteiger partial charge in [0.1, 0.15) is 30.6 Å². The molecule has 94 valence electrons. The van der Waals surface area contributed by atoms with Gasteiger partial charge in [-0.2, -0.15) is 0 Å². The Hall–Kier alpha value is -0.540. The molecule has 0 saturated carbocycles. The smallest absolute Gasteiger partial charge is 0.184 e. The lowest BCUT2D eigenvalue weighted by molar-refractivity contribution is -0.298. The first-order valence-corrected chi connectivity index (χ1v) is 4.89. The van der Waals surface area contributed by atoms with Crippen LogP contribution in [-0.2, 0) is 4.74 Å². The third-order valence-electron chi connectivity index (χ3n) is 2.41. The minimum atomic E-state index is -1.65. The fourth-order valence-electron chi connectivity index (χ4n) is 1.47. The van der Waals surface area contributed by atoms with Crippen LogP contribution in [-0.4, -0.2) is 69.0 Å². The Bertz CT molecular complexity index is 238. The molecule has 0 radical (unpaired) electrons. The first kappa shape index (κ1) is 13.5. The summed E-state index contributed by atoms with van der Waals surface area (Å²) in [4.78, 5) is 0. The molecule has 0 amide bonds. The number of hydrogen-bond donors (Lipinski definition) is 6. The minimum absolute atomic E-state index is 0.266. The van der Waals surface area contributed by atoms with Gasteiger partial charge in [-0.15, -0.1) is 6.58 Å². The van der Waals surface area contributed by atoms with Gasteiger partial charge in [0.05, 0.1) is 0 Å². The van der Waals surface area contributed by atoms with Crippen LogP contribution in [0.2, 0.25) is 0 Å². The predicted molar refractivity (Wildman–Crippen MR) is 53.1 cm³/mol. The van der Waals surface area contributed by atoms with Crippen molar-refractivity contribution in [1.29, 1.82) is 0 Å². The second kappa shape index (κ2) is 5.69. The van der Waals surface area contributed by atoms with E-state index >= 15 is 0 Å². The van der Waals surface area contributed by atoms with Crippen molar-refractivity contribution >= 4 is 0 Å². The lowest BCUT2D eigenvalue weighted by Crippen LogP contribution is -2.62. The van der Waals surface area contributed by atoms with E-state index in [0.717, 1.165) is 0 Å². The van der Waals surface area contributed by atoms with Crippen molar-refractivity contribution in [3.05, 3.63) is 12.7 Å². The van der Waals surface area contributed by atoms with E-state index in [2.05, 4.69) is 11.9 Å². The number of aliphatic hydroxyl groups is 5. The van der Waals surface area contributed by atoms with Crippen LogP contribution in [0.5, 0.6) is 0 Å². The molecule has 1 aliphatic rings. The van der Waals surface area contributed by atoms with Gasteiger partial charge in [-0.05, 0) is 0 Å². The highest BCUT2D eigenvalue weighted by atomic mass is 16.6. The maximum Gasteiger partial charge on any atom is 0.184 e. The molecular formula is C9H17NO6. The standard InChI is InChI=1S/C9H17NO6/c1-2-3-10-8(14)7-5(12)4(11)6(13)9(15)16-7/h2,4-15H,1,3H2/t4-,5-,6+,7-,8?,9?/m0/s1. The van der Waals surface area contributed by atoms with Crippen molar-refractivity contribution in [2.75, 3.05) is 6.54 Å². The van der Waals surface area contributed by atoms with Gasteiger partial charge in [0, 0.05) is 6.54 Å². The molecule has 0 aliphatic carbocycles. The molecule has 0 aromatic carbocycles. The van der Waals surface area contributed by atoms with Gasteiger partial charge in [0.25, 0.3) is 0 Å². The van der Waals surface area contributed by atoms with Gasteiger partial charge in [-0.3, -0.25) is 5.32 Å². The lowest BCUT2D eigenvalue weighted by atomic mass is 9.98. The fourth-order valence-corrected chi connectivity index (χ4v) is 1.47. The zero-order valence-electron chi connectivity index (χ0n) is 8.60. The number of hydrogen-bond acceptors (Lipinski definition) is 7. The summed E-state index contributed by atoms with van der Waals surface area (Å²) in [5.74, 6) is 0. The molecule has 1 aliphatic heterocycles. The lowest BCUT2D eigenvalue weighted by Gasteiger charge is -2.40. The van der Waals surface area contributed by atoms with Gasteiger partial charge >= 0.3 is 0 Å². The molecule has 6 N–H and O–H groups in total. The van der Waals surface area contributed by atoms with Crippen LogP contribution in [0.1, 0.15) is 0 Å². The molecular weight excluding hydrogens is 218 g/mol. The molecule has 1 rings (SSSR count). The Balaban J connectivity index is 2.62. The van der Waals surface area contributed by atoms with Crippen LogP contribution in [0.25, 0.3) is 0 Å². The molecule has 0 aromatic heterocycles. The largest absolute Gasteiger partial charge is 0.387 e. The molecule has 1 saturated heterocycles. The summed E-state index contributed by atoms with van der Waals surface area (Å²) in [6.07, 6.45) is -7.35. The normalized spacial score (nSPS) is 41.7. The second-order valence-corrected chi connectivity index (χ2v) is 3.60. The van der Waals surface area contributed by atoms with Crippen LogP contribution >= 0.6 is 0 Å². The first-order valence-electron chi connectivity index (χ1n) is 4.89. The molecule has 16 heavy (non-hydrogen) atoms. The number of ether oxygens (including phenoxy) is 1. The Labute approximate surface area is 92.6 Å². The summed E-state index contributed by atoms with van der Waals surface area (Å²) in [6, 6.07) is 0. The summed E-state index contributed by atoms with van der Waals surface area (Å²) in [7, 11) is 0. The summed E-state index contributed by atoms with van der Waals surface area (Å²) in [5, 5.41) is 49.4. The van der Waals surface area contributed by atoms with Crippen molar-refractivity contribution in [2.24, 2.45) is 0 Å². The van der Waals surface area contributed by atoms with E-state index in [0.29, 0.717) is 0 Å². The van der Waals surface area contributed by atoms with E-state index in [-0.39, 0.29) is 6.54 Å². The molecule has 0 spiro atoms. The van der Waals surface area contributed by atoms with Crippen LogP contribution in [0.3, 0.4) is 0 Å². The summed E-state index contributed by atoms with van der Waals surface area (Å²) in [5.41, 5.74) is 0. The van der Waals surface area contributed by atoms with E-state index < -0.39 is 36.9 Å². The molecule has 1 fully saturated rings. The maximum atomic E-state index is 9.55. The molecule has 7 nitrogen and oxygen atoms in total. The van der Waals surface area contributed by atoms with E-state index in [9.17, 15) is 25.5 Å². The quantitative estimate of drug-likeness (QED) is 0.225. The predicted octanol–water partition coefficient (Wildman–Crippen LogP) is -3.12. The van der Waals surface area contributed by atoms with E-state index in [1.54, 1.807) is 0 Å². The SMILES string of the molecule is C=CCNC(O)[C@H]1OC(O)[C@H](O)[C@@H](O)[C@@H]1O. The monoisotopic (exact) mass is 235 g/mol. The van der Waals surface area contributed by atoms with E-state index in [1.807, 2.05) is 0 Å². The molecule has 7 heteroatoms. The summed E-state index contributed by atoms with van der Waals surface area (Å²) < 4.78 is 4.79. The topological polar surface area (TPSA) is 122 Å². The fraction of sp³-hybridized carbons (Fsp3) is 0.778. The van der Waals surface area contributed by atoms with Crippen LogP contribution in [0, 0.1) is 0 Å². The van der Waals surface area contributed by atoms with Crippen molar-refractivity contribution in [2.45, 2.75) is 36.9 Å². The Kier molecular flexibility index (Phi) is 4.81. The third kappa shape index (κ3) is 2.77. The highest BCUT2D eigenvalue weighted by Crippen LogP contribution is 2.21. The highest BCUT2D eigenvalue weighted by Gasteiger charge is 2.45. The van der Waals surface area contributed by atoms with E-state index in [1.165, 1.54) is 6.08 Å². The zero-order valence-corrected chi connectivity index (χ0v) is 8.60. The molecule has 0 aromatic rings. The Morgan fingerprint density at radius 3 is 2.38 bits per heavy atom. The van der Waals surface area contributed by atoms with Gasteiger partial charge in [-0.25, -0.2) is 0 Å². The van der Waals surface area contributed by atoms with Gasteiger partial charge in [-0.1, -0.05) is 6.08 Å². The zero-order chi connectivity index (χ0) is 12.3. The second-order valence-electron chi connectivity index (χ2n) is 3.60. The Morgan fingerprint density at radius 1 is 1.19 bits per heavy atom. The highest BCUT2D eigenvalue weighted by molar-refractivity contribution is 4.91. The van der Waals surface area contributed by atoms with Gasteiger partial charge in [0.15, 0.2) is 6.29 Å². The molecule has 2 unspecified atom stereocenters. The third-order valence-corrected chi connectivity index (χ3v) is 2.41. The van der Waals surface area contributed by atoms with Gasteiger partial charge in [0.2, 0.25) is 0 Å². The first-order chi connectivity index (χ1) is 7.49. The average Bonchev–Trinajstić information content (AvgIpc) is 2.28. The van der Waals surface area contributed by atoms with Crippen molar-refractivity contribution in [1.82, 2.24) is 5.32 Å². The minimum Gasteiger partial charge on any atom is -0.387 e. The summed E-state index contributed by atoms with van der Waals surface area (Å²) in [6.45, 7) is 3.69. The maximum absolute atomic E-state index is 9.55. The van der Waals surface area contributed by atoms with E-state index in [4.69, 9.17) is 4.74 Å². The Morgan fingerprint density at radius 2 is 1.81 bits per heavy atom. The van der Waals surface area contributed by atoms with Crippen LogP contribution in [0.15, 0.2) is 12.7 Å². The molecule has 6 atom stereocenters. The van der Waals surface area contributed by atoms with Crippen molar-refractivity contribution in [3.8, 4) is 0 Å². The van der Waals surface area contributed by atoms with Crippen molar-refractivity contribution < 1.29 is 30.3 Å². The number of rotatable bonds is 4. The van der Waals surface area contributed by atoms with Gasteiger partial charge < -0.3 is 30.3 Å². The number of nitrogens with one attached hydrogen (secondary N) is 1. The molecule has 0 bridgehead atoms. The van der Waals surface area contributed by atoms with Crippen LogP contribution < -0.4 is 5.32 Å². The number of aliphatic hydroxyl groups excluding tert-OH is 5. The molecule has 1 heterocycles. The van der Waals surface area contributed by atoms with Crippen molar-refractivity contribution in [3.63, 3.8) is 0 Å². The van der Waals surface area contributed by atoms with Crippen LogP contribution in [0.4, 0.5) is 0 Å². The summed E-state index contributed by atoms with van der Waals surface area (Å²) >= 11 is 0.